The van der Waals surface area contributed by atoms with Gasteiger partial charge in [0, 0.05) is 26.1 Å². The van der Waals surface area contributed by atoms with Gasteiger partial charge < -0.3 is 10.6 Å². The van der Waals surface area contributed by atoms with Crippen LogP contribution in [0.4, 0.5) is 0 Å². The largest absolute Gasteiger partial charge is 0.338 e. The maximum atomic E-state index is 12.1. The van der Waals surface area contributed by atoms with E-state index in [1.807, 2.05) is 23.1 Å². The molecule has 0 aromatic heterocycles. The molecule has 0 saturated carbocycles. The second-order valence-electron chi connectivity index (χ2n) is 4.95. The quantitative estimate of drug-likeness (QED) is 0.890. The lowest BCUT2D eigenvalue weighted by molar-refractivity contribution is -0.132. The summed E-state index contributed by atoms with van der Waals surface area (Å²) in [5.41, 5.74) is 8.08. The Morgan fingerprint density at radius 3 is 2.56 bits per heavy atom. The van der Waals surface area contributed by atoms with Crippen LogP contribution in [-0.4, -0.2) is 17.4 Å². The van der Waals surface area contributed by atoms with Gasteiger partial charge in [-0.15, -0.1) is 0 Å². The van der Waals surface area contributed by atoms with Crippen LogP contribution in [0.3, 0.4) is 0 Å². The highest BCUT2D eigenvalue weighted by molar-refractivity contribution is 5.76. The van der Waals surface area contributed by atoms with Gasteiger partial charge in [0.15, 0.2) is 0 Å². The Morgan fingerprint density at radius 1 is 1.06 bits per heavy atom. The van der Waals surface area contributed by atoms with E-state index in [4.69, 9.17) is 5.73 Å². The summed E-state index contributed by atoms with van der Waals surface area (Å²) in [7, 11) is 0. The SMILES string of the molecule is NCc1ccccc1CN1CCCCCCC1=O. The molecule has 1 aromatic rings. The Kier molecular flexibility index (Phi) is 4.76. The third kappa shape index (κ3) is 3.33. The molecule has 2 N–H and O–H groups in total. The Balaban J connectivity index is 2.08. The van der Waals surface area contributed by atoms with E-state index in [-0.39, 0.29) is 0 Å². The van der Waals surface area contributed by atoms with Crippen molar-refractivity contribution < 1.29 is 4.79 Å². The van der Waals surface area contributed by atoms with Crippen molar-refractivity contribution in [3.63, 3.8) is 0 Å². The molecule has 3 heteroatoms. The fraction of sp³-hybridized carbons (Fsp3) is 0.533. The number of amides is 1. The van der Waals surface area contributed by atoms with Crippen LogP contribution in [0.25, 0.3) is 0 Å². The second kappa shape index (κ2) is 6.55. The number of nitrogens with zero attached hydrogens (tertiary/aromatic N) is 1. The van der Waals surface area contributed by atoms with E-state index in [1.165, 1.54) is 18.4 Å². The number of hydrogen-bond donors (Lipinski definition) is 1. The van der Waals surface area contributed by atoms with Gasteiger partial charge in [0.1, 0.15) is 0 Å². The number of carbonyl (C=O) groups excluding carboxylic acids is 1. The highest BCUT2D eigenvalue weighted by atomic mass is 16.2. The number of nitrogens with two attached hydrogens (primary N) is 1. The van der Waals surface area contributed by atoms with Crippen LogP contribution in [0.1, 0.15) is 43.2 Å². The second-order valence-corrected chi connectivity index (χ2v) is 4.95. The molecule has 0 spiro atoms. The molecule has 18 heavy (non-hydrogen) atoms. The van der Waals surface area contributed by atoms with Crippen LogP contribution in [0, 0.1) is 0 Å². The van der Waals surface area contributed by atoms with Gasteiger partial charge in [0.05, 0.1) is 0 Å². The molecule has 0 aliphatic carbocycles. The first-order chi connectivity index (χ1) is 8.81. The van der Waals surface area contributed by atoms with E-state index in [9.17, 15) is 4.79 Å². The first kappa shape index (κ1) is 13.1. The van der Waals surface area contributed by atoms with Gasteiger partial charge in [-0.1, -0.05) is 37.1 Å². The maximum Gasteiger partial charge on any atom is 0.222 e. The molecule has 1 fully saturated rings. The van der Waals surface area contributed by atoms with Crippen molar-refractivity contribution in [3.8, 4) is 0 Å². The third-order valence-electron chi connectivity index (χ3n) is 3.62. The molecule has 2 rings (SSSR count). The zero-order chi connectivity index (χ0) is 12.8. The summed E-state index contributed by atoms with van der Waals surface area (Å²) in [6, 6.07) is 8.14. The van der Waals surface area contributed by atoms with Crippen LogP contribution < -0.4 is 5.73 Å². The maximum absolute atomic E-state index is 12.1. The minimum atomic E-state index is 0.293. The van der Waals surface area contributed by atoms with E-state index in [0.29, 0.717) is 25.4 Å². The van der Waals surface area contributed by atoms with Gasteiger partial charge in [-0.2, -0.15) is 0 Å². The standard InChI is InChI=1S/C15H22N2O/c16-11-13-7-4-5-8-14(13)12-17-10-6-2-1-3-9-15(17)18/h4-5,7-8H,1-3,6,9-12,16H2. The summed E-state index contributed by atoms with van der Waals surface area (Å²) >= 11 is 0. The Bertz CT molecular complexity index is 403. The molecular formula is C15H22N2O. The Hall–Kier alpha value is -1.35. The van der Waals surface area contributed by atoms with Crippen molar-refractivity contribution >= 4 is 5.91 Å². The monoisotopic (exact) mass is 246 g/mol. The van der Waals surface area contributed by atoms with Gasteiger partial charge in [-0.25, -0.2) is 0 Å². The number of rotatable bonds is 3. The zero-order valence-corrected chi connectivity index (χ0v) is 10.9. The number of likely N-dealkylation sites (tertiary alicyclic amines) is 1. The van der Waals surface area contributed by atoms with E-state index in [0.717, 1.165) is 24.9 Å². The van der Waals surface area contributed by atoms with Crippen molar-refractivity contribution in [2.45, 2.75) is 45.2 Å². The van der Waals surface area contributed by atoms with Gasteiger partial charge >= 0.3 is 0 Å². The lowest BCUT2D eigenvalue weighted by Crippen LogP contribution is -2.32. The van der Waals surface area contributed by atoms with Crippen LogP contribution in [-0.2, 0) is 17.9 Å². The molecule has 1 amide bonds. The van der Waals surface area contributed by atoms with E-state index in [2.05, 4.69) is 6.07 Å². The van der Waals surface area contributed by atoms with Crippen molar-refractivity contribution in [3.05, 3.63) is 35.4 Å². The summed E-state index contributed by atoms with van der Waals surface area (Å²) in [5, 5.41) is 0. The zero-order valence-electron chi connectivity index (χ0n) is 10.9. The molecule has 0 unspecified atom stereocenters. The normalized spacial score (nSPS) is 17.4. The van der Waals surface area contributed by atoms with Gasteiger partial charge in [0.25, 0.3) is 0 Å². The van der Waals surface area contributed by atoms with Crippen molar-refractivity contribution in [1.82, 2.24) is 4.90 Å². The average Bonchev–Trinajstić information content (AvgIpc) is 2.39. The topological polar surface area (TPSA) is 46.3 Å². The first-order valence-electron chi connectivity index (χ1n) is 6.86. The van der Waals surface area contributed by atoms with E-state index >= 15 is 0 Å². The molecule has 0 bridgehead atoms. The van der Waals surface area contributed by atoms with Crippen LogP contribution >= 0.6 is 0 Å². The molecule has 1 aromatic carbocycles. The van der Waals surface area contributed by atoms with Crippen LogP contribution in [0.2, 0.25) is 0 Å². The molecule has 1 heterocycles. The lowest BCUT2D eigenvalue weighted by atomic mass is 10.0. The first-order valence-corrected chi connectivity index (χ1v) is 6.86. The Morgan fingerprint density at radius 2 is 1.78 bits per heavy atom. The van der Waals surface area contributed by atoms with Crippen LogP contribution in [0.15, 0.2) is 24.3 Å². The molecule has 0 atom stereocenters. The minimum absolute atomic E-state index is 0.293. The highest BCUT2D eigenvalue weighted by Gasteiger charge is 2.16. The van der Waals surface area contributed by atoms with E-state index in [1.54, 1.807) is 0 Å². The summed E-state index contributed by atoms with van der Waals surface area (Å²) < 4.78 is 0. The van der Waals surface area contributed by atoms with Gasteiger partial charge in [0.2, 0.25) is 5.91 Å². The molecule has 3 nitrogen and oxygen atoms in total. The molecule has 1 aliphatic heterocycles. The smallest absolute Gasteiger partial charge is 0.222 e. The summed E-state index contributed by atoms with van der Waals surface area (Å²) in [6.07, 6.45) is 5.29. The molecule has 0 radical (unpaired) electrons. The predicted octanol–water partition coefficient (Wildman–Crippen LogP) is 2.44. The fourth-order valence-corrected chi connectivity index (χ4v) is 2.50. The van der Waals surface area contributed by atoms with Crippen molar-refractivity contribution in [1.29, 1.82) is 0 Å². The molecule has 1 aliphatic rings. The summed E-state index contributed by atoms with van der Waals surface area (Å²) in [4.78, 5) is 14.1. The number of hydrogen-bond acceptors (Lipinski definition) is 2. The summed E-state index contributed by atoms with van der Waals surface area (Å²) in [6.45, 7) is 2.14. The summed E-state index contributed by atoms with van der Waals surface area (Å²) in [5.74, 6) is 0.293. The highest BCUT2D eigenvalue weighted by Crippen LogP contribution is 2.16. The Labute approximate surface area is 109 Å². The fourth-order valence-electron chi connectivity index (χ4n) is 2.50. The van der Waals surface area contributed by atoms with Crippen LogP contribution in [0.5, 0.6) is 0 Å². The minimum Gasteiger partial charge on any atom is -0.338 e. The van der Waals surface area contributed by atoms with Gasteiger partial charge in [-0.05, 0) is 24.0 Å². The lowest BCUT2D eigenvalue weighted by Gasteiger charge is -2.25. The average molecular weight is 246 g/mol. The van der Waals surface area contributed by atoms with E-state index < -0.39 is 0 Å². The predicted molar refractivity (Wildman–Crippen MR) is 72.8 cm³/mol. The molecule has 98 valence electrons. The van der Waals surface area contributed by atoms with Crippen molar-refractivity contribution in [2.24, 2.45) is 5.73 Å². The van der Waals surface area contributed by atoms with Gasteiger partial charge in [-0.3, -0.25) is 4.79 Å². The third-order valence-corrected chi connectivity index (χ3v) is 3.62. The number of carbonyl (C=O) groups is 1. The number of benzene rings is 1. The van der Waals surface area contributed by atoms with Crippen molar-refractivity contribution in [2.75, 3.05) is 6.54 Å². The molecular weight excluding hydrogens is 224 g/mol. The molecule has 1 saturated heterocycles.